The molecule has 6 heteroatoms. The smallest absolute Gasteiger partial charge is 0.129 e. The van der Waals surface area contributed by atoms with E-state index >= 15 is 0 Å². The summed E-state index contributed by atoms with van der Waals surface area (Å²) in [6, 6.07) is 3.51. The first-order valence-electron chi connectivity index (χ1n) is 10.7. The van der Waals surface area contributed by atoms with Crippen LogP contribution < -0.4 is 10.2 Å². The predicted molar refractivity (Wildman–Crippen MR) is 114 cm³/mol. The van der Waals surface area contributed by atoms with E-state index < -0.39 is 5.92 Å². The molecular weight excluding hydrogens is 371 g/mol. The summed E-state index contributed by atoms with van der Waals surface area (Å²) in [6.07, 6.45) is 7.61. The van der Waals surface area contributed by atoms with E-state index in [-0.39, 0.29) is 17.8 Å². The Morgan fingerprint density at radius 3 is 2.41 bits per heavy atom. The summed E-state index contributed by atoms with van der Waals surface area (Å²) >= 11 is 0. The van der Waals surface area contributed by atoms with Crippen LogP contribution in [0.2, 0.25) is 0 Å². The highest BCUT2D eigenvalue weighted by atomic mass is 19.1. The lowest BCUT2D eigenvalue weighted by Gasteiger charge is -2.44. The molecule has 29 heavy (non-hydrogen) atoms. The fourth-order valence-corrected chi connectivity index (χ4v) is 4.39. The van der Waals surface area contributed by atoms with E-state index in [9.17, 15) is 14.0 Å². The Hall–Kier alpha value is -1.79. The first kappa shape index (κ1) is 23.5. The van der Waals surface area contributed by atoms with Gasteiger partial charge in [-0.25, -0.2) is 4.39 Å². The third-order valence-corrected chi connectivity index (χ3v) is 5.93. The van der Waals surface area contributed by atoms with E-state index in [2.05, 4.69) is 10.2 Å². The Kier molecular flexibility index (Phi) is 9.24. The van der Waals surface area contributed by atoms with Gasteiger partial charge in [-0.2, -0.15) is 0 Å². The third-order valence-electron chi connectivity index (χ3n) is 5.93. The largest absolute Gasteiger partial charge is 0.375 e. The number of halogens is 1. The van der Waals surface area contributed by atoms with Crippen LogP contribution in [0, 0.1) is 12.7 Å². The molecule has 2 fully saturated rings. The van der Waals surface area contributed by atoms with Crippen LogP contribution in [-0.4, -0.2) is 52.0 Å². The van der Waals surface area contributed by atoms with Gasteiger partial charge in [0.1, 0.15) is 18.4 Å². The zero-order chi connectivity index (χ0) is 21.3. The third kappa shape index (κ3) is 6.09. The van der Waals surface area contributed by atoms with Gasteiger partial charge in [0.25, 0.3) is 0 Å². The average Bonchev–Trinajstić information content (AvgIpc) is 2.71. The van der Waals surface area contributed by atoms with Gasteiger partial charge in [0.15, 0.2) is 0 Å². The fraction of sp³-hybridized carbons (Fsp3) is 0.652. The maximum atomic E-state index is 14.8. The van der Waals surface area contributed by atoms with Crippen LogP contribution in [-0.2, 0) is 14.3 Å². The van der Waals surface area contributed by atoms with Gasteiger partial charge in [-0.15, -0.1) is 0 Å². The van der Waals surface area contributed by atoms with Crippen molar-refractivity contribution in [3.05, 3.63) is 29.1 Å². The van der Waals surface area contributed by atoms with Gasteiger partial charge in [-0.3, -0.25) is 0 Å². The van der Waals surface area contributed by atoms with E-state index in [0.29, 0.717) is 12.0 Å². The molecule has 0 aromatic heterocycles. The zero-order valence-electron chi connectivity index (χ0n) is 18.0. The van der Waals surface area contributed by atoms with Crippen LogP contribution >= 0.6 is 0 Å². The van der Waals surface area contributed by atoms with Crippen LogP contribution in [0.3, 0.4) is 0 Å². The minimum Gasteiger partial charge on any atom is -0.375 e. The van der Waals surface area contributed by atoms with Crippen molar-refractivity contribution in [3.8, 4) is 0 Å². The van der Waals surface area contributed by atoms with Gasteiger partial charge >= 0.3 is 0 Å². The van der Waals surface area contributed by atoms with E-state index in [0.717, 1.165) is 69.2 Å². The summed E-state index contributed by atoms with van der Waals surface area (Å²) < 4.78 is 20.9. The van der Waals surface area contributed by atoms with Crippen molar-refractivity contribution in [3.63, 3.8) is 0 Å². The molecule has 2 saturated heterocycles. The minimum absolute atomic E-state index is 0.0275. The van der Waals surface area contributed by atoms with Crippen LogP contribution in [0.25, 0.3) is 0 Å². The molecule has 0 amide bonds. The topological polar surface area (TPSA) is 58.6 Å². The van der Waals surface area contributed by atoms with Crippen LogP contribution in [0.15, 0.2) is 12.1 Å². The maximum absolute atomic E-state index is 14.8. The van der Waals surface area contributed by atoms with E-state index in [1.54, 1.807) is 6.07 Å². The normalized spacial score (nSPS) is 19.2. The Labute approximate surface area is 174 Å². The number of carbonyl (C=O) groups is 2. The Morgan fingerprint density at radius 1 is 1.21 bits per heavy atom. The molecule has 0 saturated carbocycles. The molecule has 1 unspecified atom stereocenters. The number of nitrogens with zero attached hydrogens (tertiary/aromatic N) is 1. The molecule has 1 N–H and O–H groups in total. The summed E-state index contributed by atoms with van der Waals surface area (Å²) in [5.74, 6) is -0.910. The highest BCUT2D eigenvalue weighted by Crippen LogP contribution is 2.37. The molecule has 2 heterocycles. The second kappa shape index (κ2) is 11.4. The lowest BCUT2D eigenvalue weighted by molar-refractivity contribution is -0.110. The lowest BCUT2D eigenvalue weighted by atomic mass is 9.84. The minimum atomic E-state index is -0.561. The number of nitrogens with one attached hydrogen (secondary N) is 1. The van der Waals surface area contributed by atoms with Crippen molar-refractivity contribution < 1.29 is 18.7 Å². The summed E-state index contributed by atoms with van der Waals surface area (Å²) in [5.41, 5.74) is 2.10. The lowest BCUT2D eigenvalue weighted by Crippen LogP contribution is -2.47. The zero-order valence-corrected chi connectivity index (χ0v) is 18.0. The summed E-state index contributed by atoms with van der Waals surface area (Å²) in [7, 11) is 3.75. The number of aryl methyl sites for hydroxylation is 1. The molecule has 1 aromatic rings. The number of hydrogen-bond acceptors (Lipinski definition) is 5. The quantitative estimate of drug-likeness (QED) is 0.729. The van der Waals surface area contributed by atoms with Crippen molar-refractivity contribution in [2.24, 2.45) is 0 Å². The fourth-order valence-electron chi connectivity index (χ4n) is 4.39. The maximum Gasteiger partial charge on any atom is 0.129 e. The number of anilines is 1. The molecule has 3 rings (SSSR count). The summed E-state index contributed by atoms with van der Waals surface area (Å²) in [4.78, 5) is 24.2. The number of hydrogen-bond donors (Lipinski definition) is 1. The molecular formula is C23H35FN2O3. The number of carbonyl (C=O) groups excluding carboxylic acids is 2. The number of ether oxygens (including phenoxy) is 1. The van der Waals surface area contributed by atoms with Gasteiger partial charge in [0.2, 0.25) is 0 Å². The van der Waals surface area contributed by atoms with Crippen molar-refractivity contribution >= 4 is 18.3 Å². The SMILES string of the molecule is CNC.Cc1cc(N2CCC3(CCCCO3)CC2)cc(F)c1C(C=O)CCC=O. The predicted octanol–water partition coefficient (Wildman–Crippen LogP) is 3.77. The number of benzene rings is 1. The van der Waals surface area contributed by atoms with Crippen molar-refractivity contribution in [2.45, 2.75) is 63.4 Å². The Bertz CT molecular complexity index is 641. The monoisotopic (exact) mass is 406 g/mol. The second-order valence-electron chi connectivity index (χ2n) is 8.12. The highest BCUT2D eigenvalue weighted by molar-refractivity contribution is 5.66. The number of aldehydes is 2. The Balaban J connectivity index is 0.000000941. The molecule has 162 valence electrons. The summed E-state index contributed by atoms with van der Waals surface area (Å²) in [5, 5.41) is 2.75. The van der Waals surface area contributed by atoms with Crippen molar-refractivity contribution in [2.75, 3.05) is 38.7 Å². The van der Waals surface area contributed by atoms with E-state index in [4.69, 9.17) is 4.74 Å². The average molecular weight is 407 g/mol. The molecule has 2 aliphatic heterocycles. The van der Waals surface area contributed by atoms with Gasteiger partial charge in [0.05, 0.1) is 5.60 Å². The van der Waals surface area contributed by atoms with Crippen LogP contribution in [0.1, 0.15) is 62.0 Å². The van der Waals surface area contributed by atoms with E-state index in [1.165, 1.54) is 6.42 Å². The Morgan fingerprint density at radius 2 is 1.90 bits per heavy atom. The molecule has 0 bridgehead atoms. The molecule has 0 aliphatic carbocycles. The van der Waals surface area contributed by atoms with Gasteiger partial charge < -0.3 is 24.5 Å². The van der Waals surface area contributed by atoms with Crippen LogP contribution in [0.4, 0.5) is 10.1 Å². The van der Waals surface area contributed by atoms with Crippen LogP contribution in [0.5, 0.6) is 0 Å². The molecule has 1 atom stereocenters. The van der Waals surface area contributed by atoms with Crippen molar-refractivity contribution in [1.29, 1.82) is 0 Å². The molecule has 1 aromatic carbocycles. The van der Waals surface area contributed by atoms with Gasteiger partial charge in [-0.05, 0) is 77.2 Å². The van der Waals surface area contributed by atoms with E-state index in [1.807, 2.05) is 27.1 Å². The first-order chi connectivity index (χ1) is 14.0. The first-order valence-corrected chi connectivity index (χ1v) is 10.7. The second-order valence-corrected chi connectivity index (χ2v) is 8.12. The molecule has 0 radical (unpaired) electrons. The number of rotatable bonds is 6. The summed E-state index contributed by atoms with van der Waals surface area (Å²) in [6.45, 7) is 4.42. The molecule has 1 spiro atoms. The molecule has 5 nitrogen and oxygen atoms in total. The number of piperidine rings is 1. The van der Waals surface area contributed by atoms with Gasteiger partial charge in [0, 0.05) is 43.3 Å². The molecule has 2 aliphatic rings. The van der Waals surface area contributed by atoms with Crippen molar-refractivity contribution in [1.82, 2.24) is 5.32 Å². The van der Waals surface area contributed by atoms with Gasteiger partial charge in [-0.1, -0.05) is 0 Å². The highest BCUT2D eigenvalue weighted by Gasteiger charge is 2.37. The standard InChI is InChI=1S/C21H28FNO3.C2H7N/c1-16-13-18(14-19(22)20(16)17(15-25)5-4-11-24)23-9-7-21(8-10-23)6-2-3-12-26-21;1-3-2/h11,13-15,17H,2-10,12H2,1H3;3H,1-2H3.